The minimum absolute atomic E-state index is 0.103. The number of nitro benzene ring substituents is 1. The molecule has 0 unspecified atom stereocenters. The Morgan fingerprint density at radius 3 is 2.33 bits per heavy atom. The van der Waals surface area contributed by atoms with Crippen molar-refractivity contribution in [1.82, 2.24) is 0 Å². The van der Waals surface area contributed by atoms with E-state index in [0.717, 1.165) is 16.7 Å². The van der Waals surface area contributed by atoms with Crippen molar-refractivity contribution < 1.29 is 9.66 Å². The van der Waals surface area contributed by atoms with Gasteiger partial charge in [0.05, 0.1) is 4.92 Å². The molecule has 0 radical (unpaired) electrons. The largest absolute Gasteiger partial charge is 0.457 e. The van der Waals surface area contributed by atoms with E-state index in [9.17, 15) is 10.1 Å². The molecule has 0 atom stereocenters. The van der Waals surface area contributed by atoms with Gasteiger partial charge in [-0.2, -0.15) is 0 Å². The van der Waals surface area contributed by atoms with Crippen molar-refractivity contribution >= 4 is 17.3 Å². The number of ether oxygens (including phenoxy) is 1. The summed E-state index contributed by atoms with van der Waals surface area (Å²) in [7, 11) is 0. The highest BCUT2D eigenvalue weighted by atomic mass is 35.5. The third-order valence-electron chi connectivity index (χ3n) is 3.32. The van der Waals surface area contributed by atoms with Crippen LogP contribution in [-0.2, 0) is 5.88 Å². The molecule has 0 aliphatic heterocycles. The van der Waals surface area contributed by atoms with E-state index in [4.69, 9.17) is 16.3 Å². The Kier molecular flexibility index (Phi) is 4.48. The summed E-state index contributed by atoms with van der Waals surface area (Å²) in [5, 5.41) is 10.9. The SMILES string of the molecule is Cc1ccc(CCl)cc1Oc1cc(C)c([N+](=O)[O-])cc1C. The number of aryl methyl sites for hydroxylation is 3. The van der Waals surface area contributed by atoms with Crippen LogP contribution in [0.3, 0.4) is 0 Å². The molecule has 21 heavy (non-hydrogen) atoms. The molecule has 2 rings (SSSR count). The second-order valence-corrected chi connectivity index (χ2v) is 5.26. The van der Waals surface area contributed by atoms with Gasteiger partial charge in [0.15, 0.2) is 0 Å². The van der Waals surface area contributed by atoms with Crippen LogP contribution in [-0.4, -0.2) is 4.92 Å². The minimum atomic E-state index is -0.383. The van der Waals surface area contributed by atoms with Crippen molar-refractivity contribution in [3.63, 3.8) is 0 Å². The zero-order chi connectivity index (χ0) is 15.6. The van der Waals surface area contributed by atoms with Gasteiger partial charge >= 0.3 is 0 Å². The summed E-state index contributed by atoms with van der Waals surface area (Å²) < 4.78 is 5.92. The van der Waals surface area contributed by atoms with Crippen LogP contribution in [0.15, 0.2) is 30.3 Å². The number of rotatable bonds is 4. The molecule has 0 saturated carbocycles. The van der Waals surface area contributed by atoms with Crippen LogP contribution in [0, 0.1) is 30.9 Å². The molecule has 0 N–H and O–H groups in total. The fourth-order valence-electron chi connectivity index (χ4n) is 2.04. The molecular formula is C16H16ClNO3. The van der Waals surface area contributed by atoms with Gasteiger partial charge in [-0.15, -0.1) is 11.6 Å². The van der Waals surface area contributed by atoms with Crippen LogP contribution in [0.5, 0.6) is 11.5 Å². The number of alkyl halides is 1. The number of hydrogen-bond acceptors (Lipinski definition) is 3. The lowest BCUT2D eigenvalue weighted by Crippen LogP contribution is -1.96. The van der Waals surface area contributed by atoms with Gasteiger partial charge in [0.25, 0.3) is 5.69 Å². The lowest BCUT2D eigenvalue weighted by atomic mass is 10.1. The van der Waals surface area contributed by atoms with E-state index in [1.54, 1.807) is 19.9 Å². The van der Waals surface area contributed by atoms with Gasteiger partial charge in [-0.25, -0.2) is 0 Å². The molecule has 2 aromatic rings. The second kappa shape index (κ2) is 6.14. The van der Waals surface area contributed by atoms with E-state index in [0.29, 0.717) is 22.9 Å². The fourth-order valence-corrected chi connectivity index (χ4v) is 2.20. The highest BCUT2D eigenvalue weighted by molar-refractivity contribution is 6.17. The Hall–Kier alpha value is -2.07. The Balaban J connectivity index is 2.40. The van der Waals surface area contributed by atoms with Crippen molar-refractivity contribution in [3.05, 3.63) is 62.7 Å². The number of benzene rings is 2. The maximum Gasteiger partial charge on any atom is 0.272 e. The molecule has 4 nitrogen and oxygen atoms in total. The molecular weight excluding hydrogens is 290 g/mol. The average Bonchev–Trinajstić information content (AvgIpc) is 2.44. The van der Waals surface area contributed by atoms with Crippen LogP contribution in [0.1, 0.15) is 22.3 Å². The van der Waals surface area contributed by atoms with Crippen molar-refractivity contribution in [2.24, 2.45) is 0 Å². The summed E-state index contributed by atoms with van der Waals surface area (Å²) in [5.41, 5.74) is 3.36. The third kappa shape index (κ3) is 3.34. The standard InChI is InChI=1S/C16H16ClNO3/c1-10-4-5-13(9-17)8-16(10)21-15-7-11(2)14(18(19)20)6-12(15)3/h4-8H,9H2,1-3H3. The Morgan fingerprint density at radius 1 is 1.05 bits per heavy atom. The first-order chi connectivity index (χ1) is 9.92. The Bertz CT molecular complexity index is 698. The Labute approximate surface area is 128 Å². The van der Waals surface area contributed by atoms with Gasteiger partial charge < -0.3 is 4.74 Å². The minimum Gasteiger partial charge on any atom is -0.457 e. The fraction of sp³-hybridized carbons (Fsp3) is 0.250. The number of nitro groups is 1. The number of hydrogen-bond donors (Lipinski definition) is 0. The summed E-state index contributed by atoms with van der Waals surface area (Å²) in [5.74, 6) is 1.74. The van der Waals surface area contributed by atoms with Gasteiger partial charge in [-0.1, -0.05) is 12.1 Å². The first kappa shape index (κ1) is 15.3. The lowest BCUT2D eigenvalue weighted by molar-refractivity contribution is -0.385. The second-order valence-electron chi connectivity index (χ2n) is 5.00. The van der Waals surface area contributed by atoms with Crippen LogP contribution in [0.25, 0.3) is 0 Å². The lowest BCUT2D eigenvalue weighted by Gasteiger charge is -2.13. The maximum absolute atomic E-state index is 10.9. The molecule has 0 fully saturated rings. The molecule has 0 spiro atoms. The van der Waals surface area contributed by atoms with Gasteiger partial charge in [-0.3, -0.25) is 10.1 Å². The number of halogens is 1. The molecule has 0 saturated heterocycles. The molecule has 0 aromatic heterocycles. The summed E-state index contributed by atoms with van der Waals surface area (Å²) in [6.45, 7) is 5.44. The van der Waals surface area contributed by atoms with Gasteiger partial charge in [-0.05, 0) is 49.6 Å². The first-order valence-corrected chi connectivity index (χ1v) is 7.05. The molecule has 0 aliphatic carbocycles. The molecule has 0 aliphatic rings. The maximum atomic E-state index is 10.9. The summed E-state index contributed by atoms with van der Waals surface area (Å²) in [6, 6.07) is 9.01. The molecule has 2 aromatic carbocycles. The van der Waals surface area contributed by atoms with Crippen LogP contribution < -0.4 is 4.74 Å². The first-order valence-electron chi connectivity index (χ1n) is 6.51. The van der Waals surface area contributed by atoms with Crippen molar-refractivity contribution in [2.45, 2.75) is 26.7 Å². The summed E-state index contributed by atoms with van der Waals surface area (Å²) in [4.78, 5) is 10.5. The van der Waals surface area contributed by atoms with E-state index in [1.807, 2.05) is 25.1 Å². The van der Waals surface area contributed by atoms with Crippen molar-refractivity contribution in [3.8, 4) is 11.5 Å². The molecule has 5 heteroatoms. The molecule has 0 amide bonds. The smallest absolute Gasteiger partial charge is 0.272 e. The molecule has 0 heterocycles. The van der Waals surface area contributed by atoms with E-state index < -0.39 is 0 Å². The van der Waals surface area contributed by atoms with Crippen LogP contribution in [0.2, 0.25) is 0 Å². The highest BCUT2D eigenvalue weighted by Gasteiger charge is 2.15. The topological polar surface area (TPSA) is 52.4 Å². The van der Waals surface area contributed by atoms with Crippen LogP contribution >= 0.6 is 11.6 Å². The van der Waals surface area contributed by atoms with Gasteiger partial charge in [0.1, 0.15) is 11.5 Å². The van der Waals surface area contributed by atoms with Gasteiger partial charge in [0, 0.05) is 17.5 Å². The van der Waals surface area contributed by atoms with Crippen LogP contribution in [0.4, 0.5) is 5.69 Å². The van der Waals surface area contributed by atoms with E-state index in [2.05, 4.69) is 0 Å². The number of nitrogens with zero attached hydrogens (tertiary/aromatic N) is 1. The average molecular weight is 306 g/mol. The zero-order valence-corrected chi connectivity index (χ0v) is 12.9. The quantitative estimate of drug-likeness (QED) is 0.451. The van der Waals surface area contributed by atoms with Crippen molar-refractivity contribution in [2.75, 3.05) is 0 Å². The third-order valence-corrected chi connectivity index (χ3v) is 3.63. The predicted molar refractivity (Wildman–Crippen MR) is 83.4 cm³/mol. The zero-order valence-electron chi connectivity index (χ0n) is 12.1. The van der Waals surface area contributed by atoms with Crippen molar-refractivity contribution in [1.29, 1.82) is 0 Å². The predicted octanol–water partition coefficient (Wildman–Crippen LogP) is 5.05. The van der Waals surface area contributed by atoms with E-state index in [-0.39, 0.29) is 10.6 Å². The normalized spacial score (nSPS) is 10.5. The Morgan fingerprint density at radius 2 is 1.71 bits per heavy atom. The monoisotopic (exact) mass is 305 g/mol. The van der Waals surface area contributed by atoms with E-state index in [1.165, 1.54) is 6.07 Å². The molecule has 110 valence electrons. The molecule has 0 bridgehead atoms. The summed E-state index contributed by atoms with van der Waals surface area (Å²) >= 11 is 5.84. The highest BCUT2D eigenvalue weighted by Crippen LogP contribution is 2.33. The van der Waals surface area contributed by atoms with E-state index >= 15 is 0 Å². The van der Waals surface area contributed by atoms with Gasteiger partial charge in [0.2, 0.25) is 0 Å². The summed E-state index contributed by atoms with van der Waals surface area (Å²) in [6.07, 6.45) is 0.